The van der Waals surface area contributed by atoms with Crippen LogP contribution in [0.15, 0.2) is 40.6 Å². The van der Waals surface area contributed by atoms with Crippen LogP contribution in [-0.2, 0) is 9.59 Å². The minimum absolute atomic E-state index is 0.226. The topological polar surface area (TPSA) is 108 Å². The Morgan fingerprint density at radius 2 is 1.59 bits per heavy atom. The molecule has 2 aromatic carbocycles. The van der Waals surface area contributed by atoms with Gasteiger partial charge >= 0.3 is 0 Å². The van der Waals surface area contributed by atoms with E-state index in [1.165, 1.54) is 27.2 Å². The molecule has 1 N–H and O–H groups in total. The molecule has 0 aliphatic rings. The molecule has 0 spiro atoms. The van der Waals surface area contributed by atoms with Crippen molar-refractivity contribution in [2.45, 2.75) is 26.8 Å². The Balaban J connectivity index is 2.26. The number of anilines is 1. The van der Waals surface area contributed by atoms with Gasteiger partial charge in [0.2, 0.25) is 6.04 Å². The van der Waals surface area contributed by atoms with Crippen molar-refractivity contribution in [3.63, 3.8) is 0 Å². The molecule has 1 atom stereocenters. The number of methoxy groups -OCH3 is 2. The van der Waals surface area contributed by atoms with E-state index < -0.39 is 17.7 Å². The lowest BCUT2D eigenvalue weighted by atomic mass is 10.2. The fourth-order valence-corrected chi connectivity index (χ4v) is 2.90. The second-order valence-electron chi connectivity index (χ2n) is 6.40. The number of carbonyl (C=O) groups is 2. The summed E-state index contributed by atoms with van der Waals surface area (Å²) in [5, 5.41) is 10.8. The van der Waals surface area contributed by atoms with E-state index in [2.05, 4.69) is 15.5 Å². The third-order valence-corrected chi connectivity index (χ3v) is 4.49. The van der Waals surface area contributed by atoms with Gasteiger partial charge in [-0.1, -0.05) is 11.6 Å². The van der Waals surface area contributed by atoms with Crippen LogP contribution in [-0.4, -0.2) is 45.2 Å². The lowest BCUT2D eigenvalue weighted by Gasteiger charge is -2.15. The number of carbonyl (C=O) groups excluding carboxylic acids is 2. The molecule has 1 amide bonds. The standard InChI is InChI=1S/C22H26ClN3O6/c1-6-31-19-11-15(23)16(12-20(19)32-7-2)24-22(28)21(13(3)27)26-25-14-8-9-17(29-4)18(10-14)30-5/h8-12,21H,6-7H2,1-5H3,(H,24,28). The molecular formula is C22H26ClN3O6. The zero-order valence-corrected chi connectivity index (χ0v) is 19.4. The number of hydrogen-bond donors (Lipinski definition) is 1. The first-order valence-electron chi connectivity index (χ1n) is 9.87. The Kier molecular flexibility index (Phi) is 9.27. The van der Waals surface area contributed by atoms with Gasteiger partial charge in [-0.2, -0.15) is 10.2 Å². The second kappa shape index (κ2) is 11.9. The first-order chi connectivity index (χ1) is 15.3. The number of nitrogens with zero attached hydrogens (tertiary/aromatic N) is 2. The Morgan fingerprint density at radius 3 is 2.16 bits per heavy atom. The highest BCUT2D eigenvalue weighted by molar-refractivity contribution is 6.34. The number of hydrogen-bond acceptors (Lipinski definition) is 8. The lowest BCUT2D eigenvalue weighted by Crippen LogP contribution is -2.32. The zero-order chi connectivity index (χ0) is 23.7. The number of halogens is 1. The quantitative estimate of drug-likeness (QED) is 0.377. The van der Waals surface area contributed by atoms with Crippen molar-refractivity contribution in [3.05, 3.63) is 35.4 Å². The molecule has 32 heavy (non-hydrogen) atoms. The number of Topliss-reactive ketones (excluding diaryl/α,β-unsaturated/α-hetero) is 1. The van der Waals surface area contributed by atoms with E-state index in [4.69, 9.17) is 30.5 Å². The third kappa shape index (κ3) is 6.34. The van der Waals surface area contributed by atoms with Gasteiger partial charge in [-0.05, 0) is 32.9 Å². The summed E-state index contributed by atoms with van der Waals surface area (Å²) < 4.78 is 21.5. The van der Waals surface area contributed by atoms with E-state index in [9.17, 15) is 9.59 Å². The summed E-state index contributed by atoms with van der Waals surface area (Å²) in [5.74, 6) is 0.656. The molecule has 10 heteroatoms. The maximum atomic E-state index is 12.8. The molecule has 2 aromatic rings. The number of azo groups is 1. The fraction of sp³-hybridized carbons (Fsp3) is 0.364. The summed E-state index contributed by atoms with van der Waals surface area (Å²) >= 11 is 6.29. The second-order valence-corrected chi connectivity index (χ2v) is 6.81. The minimum atomic E-state index is -1.37. The summed E-state index contributed by atoms with van der Waals surface area (Å²) in [5.41, 5.74) is 0.649. The van der Waals surface area contributed by atoms with Gasteiger partial charge in [0.05, 0.1) is 43.8 Å². The van der Waals surface area contributed by atoms with Gasteiger partial charge < -0.3 is 24.3 Å². The molecule has 1 unspecified atom stereocenters. The molecule has 172 valence electrons. The van der Waals surface area contributed by atoms with Crippen LogP contribution in [0.3, 0.4) is 0 Å². The van der Waals surface area contributed by atoms with Crippen molar-refractivity contribution in [1.82, 2.24) is 0 Å². The van der Waals surface area contributed by atoms with E-state index in [0.29, 0.717) is 41.9 Å². The predicted molar refractivity (Wildman–Crippen MR) is 121 cm³/mol. The molecule has 0 aliphatic carbocycles. The van der Waals surface area contributed by atoms with Gasteiger partial charge in [0.1, 0.15) is 0 Å². The largest absolute Gasteiger partial charge is 0.493 e. The van der Waals surface area contributed by atoms with Crippen LogP contribution in [0.5, 0.6) is 23.0 Å². The highest BCUT2D eigenvalue weighted by Crippen LogP contribution is 2.37. The van der Waals surface area contributed by atoms with Crippen LogP contribution >= 0.6 is 11.6 Å². The van der Waals surface area contributed by atoms with Crippen LogP contribution in [0.1, 0.15) is 20.8 Å². The van der Waals surface area contributed by atoms with E-state index in [1.807, 2.05) is 13.8 Å². The molecule has 2 rings (SSSR count). The molecule has 0 aromatic heterocycles. The predicted octanol–water partition coefficient (Wildman–Crippen LogP) is 4.83. The van der Waals surface area contributed by atoms with Gasteiger partial charge in [-0.15, -0.1) is 0 Å². The zero-order valence-electron chi connectivity index (χ0n) is 18.6. The van der Waals surface area contributed by atoms with Crippen LogP contribution < -0.4 is 24.3 Å². The Hall–Kier alpha value is -3.33. The van der Waals surface area contributed by atoms with Crippen molar-refractivity contribution in [2.75, 3.05) is 32.8 Å². The summed E-state index contributed by atoms with van der Waals surface area (Å²) in [6.07, 6.45) is 0. The Morgan fingerprint density at radius 1 is 0.969 bits per heavy atom. The van der Waals surface area contributed by atoms with Gasteiger partial charge in [-0.25, -0.2) is 0 Å². The highest BCUT2D eigenvalue weighted by Gasteiger charge is 2.25. The number of amides is 1. The van der Waals surface area contributed by atoms with Crippen LogP contribution in [0, 0.1) is 0 Å². The Labute approximate surface area is 191 Å². The maximum Gasteiger partial charge on any atom is 0.258 e. The van der Waals surface area contributed by atoms with Crippen molar-refractivity contribution >= 4 is 34.7 Å². The number of ketones is 1. The first-order valence-corrected chi connectivity index (χ1v) is 10.3. The van der Waals surface area contributed by atoms with E-state index in [-0.39, 0.29) is 10.7 Å². The van der Waals surface area contributed by atoms with Crippen molar-refractivity contribution in [1.29, 1.82) is 0 Å². The molecule has 0 bridgehead atoms. The highest BCUT2D eigenvalue weighted by atomic mass is 35.5. The van der Waals surface area contributed by atoms with Crippen LogP contribution in [0.25, 0.3) is 0 Å². The average Bonchev–Trinajstić information content (AvgIpc) is 2.76. The fourth-order valence-electron chi connectivity index (χ4n) is 2.70. The van der Waals surface area contributed by atoms with Crippen molar-refractivity contribution in [2.24, 2.45) is 10.2 Å². The number of rotatable bonds is 11. The van der Waals surface area contributed by atoms with Crippen molar-refractivity contribution in [3.8, 4) is 23.0 Å². The van der Waals surface area contributed by atoms with Gasteiger partial charge in [0.15, 0.2) is 28.8 Å². The summed E-state index contributed by atoms with van der Waals surface area (Å²) in [4.78, 5) is 24.8. The maximum absolute atomic E-state index is 12.8. The van der Waals surface area contributed by atoms with Crippen LogP contribution in [0.4, 0.5) is 11.4 Å². The summed E-state index contributed by atoms with van der Waals surface area (Å²) in [7, 11) is 3.00. The molecule has 0 saturated carbocycles. The van der Waals surface area contributed by atoms with E-state index >= 15 is 0 Å². The SMILES string of the molecule is CCOc1cc(Cl)c(NC(=O)C(N=Nc2ccc(OC)c(OC)c2)C(C)=O)cc1OCC. The molecule has 0 fully saturated rings. The normalized spacial score (nSPS) is 11.7. The number of ether oxygens (including phenoxy) is 4. The average molecular weight is 464 g/mol. The molecular weight excluding hydrogens is 438 g/mol. The van der Waals surface area contributed by atoms with Gasteiger partial charge in [-0.3, -0.25) is 9.59 Å². The lowest BCUT2D eigenvalue weighted by molar-refractivity contribution is -0.126. The molecule has 0 heterocycles. The molecule has 0 saturated heterocycles. The van der Waals surface area contributed by atoms with Gasteiger partial charge in [0, 0.05) is 18.2 Å². The number of nitrogens with one attached hydrogen (secondary N) is 1. The Bertz CT molecular complexity index is 996. The molecule has 0 radical (unpaired) electrons. The molecule has 9 nitrogen and oxygen atoms in total. The monoisotopic (exact) mass is 463 g/mol. The van der Waals surface area contributed by atoms with Crippen molar-refractivity contribution < 1.29 is 28.5 Å². The van der Waals surface area contributed by atoms with E-state index in [0.717, 1.165) is 0 Å². The summed E-state index contributed by atoms with van der Waals surface area (Å²) in [6, 6.07) is 6.55. The van der Waals surface area contributed by atoms with Crippen LogP contribution in [0.2, 0.25) is 5.02 Å². The minimum Gasteiger partial charge on any atom is -0.493 e. The smallest absolute Gasteiger partial charge is 0.258 e. The van der Waals surface area contributed by atoms with Gasteiger partial charge in [0.25, 0.3) is 5.91 Å². The summed E-state index contributed by atoms with van der Waals surface area (Å²) in [6.45, 7) is 5.72. The van der Waals surface area contributed by atoms with E-state index in [1.54, 1.807) is 24.3 Å². The molecule has 0 aliphatic heterocycles. The first kappa shape index (κ1) is 24.9. The number of benzene rings is 2. The third-order valence-electron chi connectivity index (χ3n) is 4.18.